The molecule has 1 heterocycles. The fourth-order valence-corrected chi connectivity index (χ4v) is 2.82. The maximum absolute atomic E-state index is 11.7. The van der Waals surface area contributed by atoms with Crippen LogP contribution in [0.1, 0.15) is 31.7 Å². The minimum absolute atomic E-state index is 0.345. The zero-order valence-electron chi connectivity index (χ0n) is 13.5. The molecule has 2 rings (SSSR count). The van der Waals surface area contributed by atoms with Crippen LogP contribution in [0, 0.1) is 0 Å². The van der Waals surface area contributed by atoms with Crippen LogP contribution < -0.4 is 15.4 Å². The van der Waals surface area contributed by atoms with Gasteiger partial charge in [-0.05, 0) is 37.8 Å². The molecular weight excluding hydrogens is 280 g/mol. The molecular formula is C17H26N2O3. The first kappa shape index (κ1) is 16.6. The van der Waals surface area contributed by atoms with E-state index in [0.29, 0.717) is 13.0 Å². The number of nitrogens with two attached hydrogens (primary N) is 1. The van der Waals surface area contributed by atoms with E-state index in [2.05, 4.69) is 11.0 Å². The van der Waals surface area contributed by atoms with Crippen LogP contribution >= 0.6 is 0 Å². The van der Waals surface area contributed by atoms with Gasteiger partial charge in [0, 0.05) is 31.3 Å². The fourth-order valence-electron chi connectivity index (χ4n) is 2.82. The van der Waals surface area contributed by atoms with E-state index >= 15 is 0 Å². The summed E-state index contributed by atoms with van der Waals surface area (Å²) in [6.45, 7) is 4.30. The van der Waals surface area contributed by atoms with Gasteiger partial charge in [-0.15, -0.1) is 0 Å². The van der Waals surface area contributed by atoms with Gasteiger partial charge < -0.3 is 20.1 Å². The molecule has 1 aliphatic rings. The van der Waals surface area contributed by atoms with Crippen LogP contribution in [0.5, 0.6) is 5.75 Å². The minimum atomic E-state index is -0.658. The SMILES string of the molecule is CCOC(=O)C(N)Cc1ccc(N2CCCCC2)cc1OC. The molecule has 1 atom stereocenters. The van der Waals surface area contributed by atoms with Crippen molar-refractivity contribution < 1.29 is 14.3 Å². The number of methoxy groups -OCH3 is 1. The Morgan fingerprint density at radius 3 is 2.68 bits per heavy atom. The summed E-state index contributed by atoms with van der Waals surface area (Å²) in [6.07, 6.45) is 4.19. The molecule has 122 valence electrons. The Balaban J connectivity index is 2.10. The van der Waals surface area contributed by atoms with Gasteiger partial charge in [-0.1, -0.05) is 6.07 Å². The lowest BCUT2D eigenvalue weighted by molar-refractivity contribution is -0.144. The molecule has 22 heavy (non-hydrogen) atoms. The van der Waals surface area contributed by atoms with E-state index in [4.69, 9.17) is 15.2 Å². The number of esters is 1. The Morgan fingerprint density at radius 2 is 2.05 bits per heavy atom. The van der Waals surface area contributed by atoms with Crippen molar-refractivity contribution in [1.29, 1.82) is 0 Å². The van der Waals surface area contributed by atoms with E-state index < -0.39 is 6.04 Å². The number of hydrogen-bond acceptors (Lipinski definition) is 5. The number of nitrogens with zero attached hydrogens (tertiary/aromatic N) is 1. The summed E-state index contributed by atoms with van der Waals surface area (Å²) in [5.41, 5.74) is 8.00. The molecule has 1 saturated heterocycles. The van der Waals surface area contributed by atoms with E-state index in [1.807, 2.05) is 12.1 Å². The summed E-state index contributed by atoms with van der Waals surface area (Å²) in [4.78, 5) is 14.0. The maximum Gasteiger partial charge on any atom is 0.323 e. The molecule has 1 fully saturated rings. The van der Waals surface area contributed by atoms with Crippen molar-refractivity contribution in [2.75, 3.05) is 31.7 Å². The highest BCUT2D eigenvalue weighted by molar-refractivity contribution is 5.76. The van der Waals surface area contributed by atoms with Crippen LogP contribution in [0.25, 0.3) is 0 Å². The normalized spacial score (nSPS) is 16.2. The standard InChI is InChI=1S/C17H26N2O3/c1-3-22-17(20)15(18)11-13-7-8-14(12-16(13)21-2)19-9-5-4-6-10-19/h7-8,12,15H,3-6,9-11,18H2,1-2H3. The Hall–Kier alpha value is -1.75. The zero-order chi connectivity index (χ0) is 15.9. The van der Waals surface area contributed by atoms with Crippen molar-refractivity contribution in [3.8, 4) is 5.75 Å². The van der Waals surface area contributed by atoms with Gasteiger partial charge in [0.2, 0.25) is 0 Å². The number of hydrogen-bond donors (Lipinski definition) is 1. The van der Waals surface area contributed by atoms with Gasteiger partial charge in [-0.3, -0.25) is 4.79 Å². The lowest BCUT2D eigenvalue weighted by atomic mass is 10.0. The smallest absolute Gasteiger partial charge is 0.323 e. The monoisotopic (exact) mass is 306 g/mol. The predicted octanol–water partition coefficient (Wildman–Crippen LogP) is 2.12. The first-order valence-electron chi connectivity index (χ1n) is 7.99. The van der Waals surface area contributed by atoms with Crippen molar-refractivity contribution in [3.05, 3.63) is 23.8 Å². The molecule has 1 aromatic rings. The zero-order valence-corrected chi connectivity index (χ0v) is 13.5. The van der Waals surface area contributed by atoms with Gasteiger partial charge >= 0.3 is 5.97 Å². The Labute approximate surface area is 132 Å². The molecule has 0 aromatic heterocycles. The van der Waals surface area contributed by atoms with Crippen molar-refractivity contribution in [3.63, 3.8) is 0 Å². The Morgan fingerprint density at radius 1 is 1.32 bits per heavy atom. The third-order valence-electron chi connectivity index (χ3n) is 4.02. The quantitative estimate of drug-likeness (QED) is 0.816. The largest absolute Gasteiger partial charge is 0.496 e. The Bertz CT molecular complexity index is 499. The number of rotatable bonds is 6. The van der Waals surface area contributed by atoms with Gasteiger partial charge in [-0.25, -0.2) is 0 Å². The second-order valence-corrected chi connectivity index (χ2v) is 5.61. The summed E-state index contributed by atoms with van der Waals surface area (Å²) >= 11 is 0. The number of anilines is 1. The topological polar surface area (TPSA) is 64.8 Å². The van der Waals surface area contributed by atoms with E-state index in [-0.39, 0.29) is 5.97 Å². The van der Waals surface area contributed by atoms with Crippen molar-refractivity contribution in [2.24, 2.45) is 5.73 Å². The van der Waals surface area contributed by atoms with Crippen LogP contribution in [-0.2, 0) is 16.0 Å². The third kappa shape index (κ3) is 4.13. The lowest BCUT2D eigenvalue weighted by Crippen LogP contribution is -2.34. The fraction of sp³-hybridized carbons (Fsp3) is 0.588. The van der Waals surface area contributed by atoms with E-state index in [9.17, 15) is 4.79 Å². The van der Waals surface area contributed by atoms with Gasteiger partial charge in [0.15, 0.2) is 0 Å². The highest BCUT2D eigenvalue weighted by atomic mass is 16.5. The third-order valence-corrected chi connectivity index (χ3v) is 4.02. The second kappa shape index (κ2) is 8.03. The first-order chi connectivity index (χ1) is 10.7. The molecule has 0 spiro atoms. The number of benzene rings is 1. The Kier molecular flexibility index (Phi) is 6.07. The van der Waals surface area contributed by atoms with Gasteiger partial charge in [0.05, 0.1) is 13.7 Å². The first-order valence-corrected chi connectivity index (χ1v) is 7.99. The number of carbonyl (C=O) groups is 1. The van der Waals surface area contributed by atoms with Crippen LogP contribution in [-0.4, -0.2) is 38.8 Å². The van der Waals surface area contributed by atoms with Crippen LogP contribution in [0.2, 0.25) is 0 Å². The van der Waals surface area contributed by atoms with E-state index in [1.165, 1.54) is 24.9 Å². The van der Waals surface area contributed by atoms with Gasteiger partial charge in [0.1, 0.15) is 11.8 Å². The molecule has 5 heteroatoms. The molecule has 1 aliphatic heterocycles. The minimum Gasteiger partial charge on any atom is -0.496 e. The summed E-state index contributed by atoms with van der Waals surface area (Å²) in [5, 5.41) is 0. The van der Waals surface area contributed by atoms with Crippen molar-refractivity contribution in [2.45, 2.75) is 38.6 Å². The van der Waals surface area contributed by atoms with Gasteiger partial charge in [-0.2, -0.15) is 0 Å². The van der Waals surface area contributed by atoms with Crippen LogP contribution in [0.4, 0.5) is 5.69 Å². The number of piperidine rings is 1. The molecule has 5 nitrogen and oxygen atoms in total. The molecule has 0 radical (unpaired) electrons. The molecule has 0 saturated carbocycles. The maximum atomic E-state index is 11.7. The highest BCUT2D eigenvalue weighted by Crippen LogP contribution is 2.28. The number of ether oxygens (including phenoxy) is 2. The highest BCUT2D eigenvalue weighted by Gasteiger charge is 2.19. The summed E-state index contributed by atoms with van der Waals surface area (Å²) < 4.78 is 10.4. The van der Waals surface area contributed by atoms with Crippen molar-refractivity contribution in [1.82, 2.24) is 0 Å². The molecule has 0 bridgehead atoms. The molecule has 2 N–H and O–H groups in total. The van der Waals surface area contributed by atoms with Crippen LogP contribution in [0.3, 0.4) is 0 Å². The summed E-state index contributed by atoms with van der Waals surface area (Å²) in [7, 11) is 1.65. The van der Waals surface area contributed by atoms with Crippen LogP contribution in [0.15, 0.2) is 18.2 Å². The second-order valence-electron chi connectivity index (χ2n) is 5.61. The molecule has 1 aromatic carbocycles. The lowest BCUT2D eigenvalue weighted by Gasteiger charge is -2.29. The predicted molar refractivity (Wildman–Crippen MR) is 87.4 cm³/mol. The average molecular weight is 306 g/mol. The molecule has 0 amide bonds. The van der Waals surface area contributed by atoms with E-state index in [1.54, 1.807) is 14.0 Å². The number of carbonyl (C=O) groups excluding carboxylic acids is 1. The average Bonchev–Trinajstić information content (AvgIpc) is 2.56. The summed E-state index contributed by atoms with van der Waals surface area (Å²) in [5.74, 6) is 0.410. The van der Waals surface area contributed by atoms with Crippen molar-refractivity contribution >= 4 is 11.7 Å². The summed E-state index contributed by atoms with van der Waals surface area (Å²) in [6, 6.07) is 5.47. The molecule has 0 aliphatic carbocycles. The van der Waals surface area contributed by atoms with Gasteiger partial charge in [0.25, 0.3) is 0 Å². The van der Waals surface area contributed by atoms with E-state index in [0.717, 1.165) is 24.4 Å². The molecule has 1 unspecified atom stereocenters.